The van der Waals surface area contributed by atoms with Crippen LogP contribution in [0.5, 0.6) is 0 Å². The molecule has 0 aromatic heterocycles. The van der Waals surface area contributed by atoms with Gasteiger partial charge < -0.3 is 5.11 Å². The van der Waals surface area contributed by atoms with E-state index >= 15 is 0 Å². The molecule has 3 rings (SSSR count). The zero-order valence-electron chi connectivity index (χ0n) is 19.6. The van der Waals surface area contributed by atoms with Crippen LogP contribution in [0.25, 0.3) is 0 Å². The minimum absolute atomic E-state index is 0.0340. The quantitative estimate of drug-likeness (QED) is 0.561. The maximum absolute atomic E-state index is 13.9. The number of halogens is 4. The minimum atomic E-state index is -4.75. The fraction of sp³-hybridized carbons (Fsp3) is 0.458. The van der Waals surface area contributed by atoms with E-state index in [9.17, 15) is 30.8 Å². The van der Waals surface area contributed by atoms with Gasteiger partial charge in [-0.25, -0.2) is 12.8 Å². The zero-order chi connectivity index (χ0) is 26.1. The molecular formula is C24H28F4N2O4S. The SMILES string of the molecule is Cc1ccc(S(=O)(=O)N2C(C)CN(CCc3ccc(C(F)(F)F)c(F)c3)C[C@@H]2C)cc1CC(=O)O. The maximum Gasteiger partial charge on any atom is 0.419 e. The summed E-state index contributed by atoms with van der Waals surface area (Å²) in [7, 11) is -3.89. The molecule has 11 heteroatoms. The molecule has 6 nitrogen and oxygen atoms in total. The summed E-state index contributed by atoms with van der Waals surface area (Å²) in [6.07, 6.45) is -4.71. The number of aryl methyl sites for hydroxylation is 1. The lowest BCUT2D eigenvalue weighted by Gasteiger charge is -2.43. The van der Waals surface area contributed by atoms with Gasteiger partial charge in [-0.3, -0.25) is 9.69 Å². The summed E-state index contributed by atoms with van der Waals surface area (Å²) in [4.78, 5) is 13.2. The van der Waals surface area contributed by atoms with E-state index in [2.05, 4.69) is 0 Å². The van der Waals surface area contributed by atoms with Crippen molar-refractivity contribution < 1.29 is 35.9 Å². The molecule has 1 fully saturated rings. The molecule has 2 aromatic carbocycles. The molecule has 1 saturated heterocycles. The van der Waals surface area contributed by atoms with E-state index in [1.165, 1.54) is 22.5 Å². The summed E-state index contributed by atoms with van der Waals surface area (Å²) in [5, 5.41) is 9.11. The van der Waals surface area contributed by atoms with Crippen LogP contribution in [0.4, 0.5) is 17.6 Å². The summed E-state index contributed by atoms with van der Waals surface area (Å²) < 4.78 is 80.4. The van der Waals surface area contributed by atoms with Gasteiger partial charge in [-0.05, 0) is 68.1 Å². The molecule has 0 bridgehead atoms. The highest BCUT2D eigenvalue weighted by atomic mass is 32.2. The van der Waals surface area contributed by atoms with Crippen LogP contribution in [0.2, 0.25) is 0 Å². The van der Waals surface area contributed by atoms with Gasteiger partial charge >= 0.3 is 12.1 Å². The highest BCUT2D eigenvalue weighted by Gasteiger charge is 2.38. The lowest BCUT2D eigenvalue weighted by molar-refractivity contribution is -0.140. The van der Waals surface area contributed by atoms with Crippen molar-refractivity contribution >= 4 is 16.0 Å². The largest absolute Gasteiger partial charge is 0.481 e. The molecule has 1 N–H and O–H groups in total. The summed E-state index contributed by atoms with van der Waals surface area (Å²) in [5.41, 5.74) is 0.250. The Morgan fingerprint density at radius 2 is 1.71 bits per heavy atom. The van der Waals surface area contributed by atoms with Crippen molar-refractivity contribution in [3.8, 4) is 0 Å². The number of carboxylic acids is 1. The Morgan fingerprint density at radius 3 is 2.26 bits per heavy atom. The normalized spacial score (nSPS) is 20.2. The number of nitrogens with zero attached hydrogens (tertiary/aromatic N) is 2. The van der Waals surface area contributed by atoms with Gasteiger partial charge in [0.25, 0.3) is 0 Å². The first kappa shape index (κ1) is 27.1. The number of alkyl halides is 3. The molecule has 1 aliphatic rings. The summed E-state index contributed by atoms with van der Waals surface area (Å²) in [5.74, 6) is -2.36. The lowest BCUT2D eigenvalue weighted by Crippen LogP contribution is -2.58. The molecule has 0 spiro atoms. The van der Waals surface area contributed by atoms with Gasteiger partial charge in [0, 0.05) is 31.7 Å². The molecule has 0 amide bonds. The average Bonchev–Trinajstić information content (AvgIpc) is 2.72. The van der Waals surface area contributed by atoms with Crippen molar-refractivity contribution in [2.75, 3.05) is 19.6 Å². The van der Waals surface area contributed by atoms with E-state index in [1.54, 1.807) is 26.8 Å². The van der Waals surface area contributed by atoms with Gasteiger partial charge in [0.1, 0.15) is 5.82 Å². The number of hydrogen-bond donors (Lipinski definition) is 1. The zero-order valence-corrected chi connectivity index (χ0v) is 20.5. The number of sulfonamides is 1. The molecule has 35 heavy (non-hydrogen) atoms. The Labute approximate surface area is 202 Å². The number of hydrogen-bond acceptors (Lipinski definition) is 4. The summed E-state index contributed by atoms with van der Waals surface area (Å²) >= 11 is 0. The van der Waals surface area contributed by atoms with Crippen LogP contribution < -0.4 is 0 Å². The van der Waals surface area contributed by atoms with Crippen LogP contribution in [0, 0.1) is 12.7 Å². The Hall–Kier alpha value is -2.50. The third-order valence-corrected chi connectivity index (χ3v) is 8.33. The summed E-state index contributed by atoms with van der Waals surface area (Å²) in [6.45, 7) is 6.47. The maximum atomic E-state index is 13.9. The highest BCUT2D eigenvalue weighted by Crippen LogP contribution is 2.32. The lowest BCUT2D eigenvalue weighted by atomic mass is 10.1. The van der Waals surface area contributed by atoms with Crippen molar-refractivity contribution in [1.29, 1.82) is 0 Å². The Bertz CT molecular complexity index is 1190. The van der Waals surface area contributed by atoms with Crippen molar-refractivity contribution in [2.24, 2.45) is 0 Å². The van der Waals surface area contributed by atoms with Gasteiger partial charge in [0.2, 0.25) is 10.0 Å². The van der Waals surface area contributed by atoms with Crippen LogP contribution >= 0.6 is 0 Å². The second-order valence-electron chi connectivity index (χ2n) is 9.01. The predicted molar refractivity (Wildman–Crippen MR) is 122 cm³/mol. The third-order valence-electron chi connectivity index (χ3n) is 6.21. The molecule has 192 valence electrons. The molecule has 1 unspecified atom stereocenters. The Balaban J connectivity index is 1.71. The number of carbonyl (C=O) groups is 1. The number of benzene rings is 2. The number of piperazine rings is 1. The molecular weight excluding hydrogens is 488 g/mol. The molecule has 1 heterocycles. The summed E-state index contributed by atoms with van der Waals surface area (Å²) in [6, 6.07) is 6.55. The first-order chi connectivity index (χ1) is 16.2. The molecule has 2 aromatic rings. The monoisotopic (exact) mass is 516 g/mol. The molecule has 0 aliphatic carbocycles. The topological polar surface area (TPSA) is 77.9 Å². The van der Waals surface area contributed by atoms with Crippen molar-refractivity contribution in [1.82, 2.24) is 9.21 Å². The van der Waals surface area contributed by atoms with Crippen LogP contribution in [0.15, 0.2) is 41.3 Å². The Morgan fingerprint density at radius 1 is 1.09 bits per heavy atom. The van der Waals surface area contributed by atoms with E-state index in [0.29, 0.717) is 42.7 Å². The van der Waals surface area contributed by atoms with Crippen molar-refractivity contribution in [3.05, 3.63) is 64.5 Å². The first-order valence-electron chi connectivity index (χ1n) is 11.1. The van der Waals surface area contributed by atoms with Gasteiger partial charge in [0.05, 0.1) is 16.9 Å². The average molecular weight is 517 g/mol. The van der Waals surface area contributed by atoms with E-state index in [0.717, 1.165) is 12.1 Å². The van der Waals surface area contributed by atoms with Gasteiger partial charge in [-0.1, -0.05) is 12.1 Å². The van der Waals surface area contributed by atoms with Crippen LogP contribution in [-0.4, -0.2) is 60.4 Å². The smallest absolute Gasteiger partial charge is 0.419 e. The van der Waals surface area contributed by atoms with Crippen LogP contribution in [-0.2, 0) is 33.8 Å². The fourth-order valence-corrected chi connectivity index (χ4v) is 6.44. The van der Waals surface area contributed by atoms with E-state index < -0.39 is 45.6 Å². The fourth-order valence-electron chi connectivity index (χ4n) is 4.59. The van der Waals surface area contributed by atoms with Crippen LogP contribution in [0.1, 0.15) is 36.1 Å². The van der Waals surface area contributed by atoms with E-state index in [4.69, 9.17) is 5.11 Å². The first-order valence-corrected chi connectivity index (χ1v) is 12.6. The van der Waals surface area contributed by atoms with Gasteiger partial charge in [0.15, 0.2) is 0 Å². The number of rotatable bonds is 7. The number of aliphatic carboxylic acids is 1. The molecule has 2 atom stereocenters. The van der Waals surface area contributed by atoms with Crippen LogP contribution in [0.3, 0.4) is 0 Å². The van der Waals surface area contributed by atoms with Gasteiger partial charge in [-0.15, -0.1) is 0 Å². The van der Waals surface area contributed by atoms with Gasteiger partial charge in [-0.2, -0.15) is 17.5 Å². The van der Waals surface area contributed by atoms with E-state index in [-0.39, 0.29) is 11.3 Å². The Kier molecular flexibility index (Phi) is 7.93. The standard InChI is InChI=1S/C24H28F4N2O4S/c1-15-4-6-20(11-19(15)12-23(31)32)35(33,34)30-16(2)13-29(14-17(30)3)9-8-18-5-7-21(22(25)10-18)24(26,27)28/h4-7,10-11,16-17H,8-9,12-14H2,1-3H3,(H,31,32)/t16-,17?/m0/s1. The molecule has 0 saturated carbocycles. The second kappa shape index (κ2) is 10.2. The molecule has 1 aliphatic heterocycles. The number of carboxylic acid groups (broad SMARTS) is 1. The van der Waals surface area contributed by atoms with Crippen molar-refractivity contribution in [2.45, 2.75) is 56.8 Å². The third kappa shape index (κ3) is 6.20. The van der Waals surface area contributed by atoms with E-state index in [1.807, 2.05) is 4.90 Å². The highest BCUT2D eigenvalue weighted by molar-refractivity contribution is 7.89. The minimum Gasteiger partial charge on any atom is -0.481 e. The second-order valence-corrected chi connectivity index (χ2v) is 10.9. The molecule has 0 radical (unpaired) electrons. The van der Waals surface area contributed by atoms with Crippen molar-refractivity contribution in [3.63, 3.8) is 0 Å². The predicted octanol–water partition coefficient (Wildman–Crippen LogP) is 4.11.